The van der Waals surface area contributed by atoms with E-state index in [9.17, 15) is 43.1 Å². The summed E-state index contributed by atoms with van der Waals surface area (Å²) in [5, 5.41) is 9.28. The van der Waals surface area contributed by atoms with Gasteiger partial charge in [-0.15, -0.1) is 0 Å². The number of aldehydes is 1. The Morgan fingerprint density at radius 2 is 1.39 bits per heavy atom. The van der Waals surface area contributed by atoms with Crippen molar-refractivity contribution in [3.63, 3.8) is 0 Å². The van der Waals surface area contributed by atoms with Crippen LogP contribution < -0.4 is 44.2 Å². The minimum Gasteiger partial charge on any atom is -0.370 e. The second-order valence-corrected chi connectivity index (χ2v) is 12.0. The van der Waals surface area contributed by atoms with Crippen LogP contribution in [0.4, 0.5) is 0 Å². The smallest absolute Gasteiger partial charge is 0.370 e. The molecule has 44 heavy (non-hydrogen) atoms. The predicted octanol–water partition coefficient (Wildman–Crippen LogP) is -3.81. The number of carbonyl (C=O) groups is 6. The van der Waals surface area contributed by atoms with Crippen molar-refractivity contribution < 1.29 is 47.6 Å². The zero-order valence-corrected chi connectivity index (χ0v) is 26.1. The first-order chi connectivity index (χ1) is 20.3. The van der Waals surface area contributed by atoms with Gasteiger partial charge in [-0.05, 0) is 31.1 Å². The average molecular weight is 652 g/mol. The molecule has 0 rings (SSSR count). The summed E-state index contributed by atoms with van der Waals surface area (Å²) in [7, 11) is -5.15. The number of hydrogen-bond acceptors (Lipinski definition) is 10. The van der Waals surface area contributed by atoms with E-state index in [0.29, 0.717) is 12.7 Å². The quantitative estimate of drug-likeness (QED) is 0.0187. The first-order valence-electron chi connectivity index (χ1n) is 13.7. The van der Waals surface area contributed by atoms with E-state index in [2.05, 4.69) is 30.8 Å². The van der Waals surface area contributed by atoms with Gasteiger partial charge < -0.3 is 58.8 Å². The molecular formula is C24H46N9O10P. The molecule has 0 saturated carbocycles. The van der Waals surface area contributed by atoms with E-state index in [0.717, 1.165) is 0 Å². The molecule has 19 nitrogen and oxygen atoms in total. The molecule has 0 bridgehead atoms. The van der Waals surface area contributed by atoms with Crippen molar-refractivity contribution in [3.8, 4) is 0 Å². The van der Waals surface area contributed by atoms with E-state index in [4.69, 9.17) is 22.9 Å². The van der Waals surface area contributed by atoms with Crippen LogP contribution in [0.1, 0.15) is 53.4 Å². The Morgan fingerprint density at radius 3 is 1.86 bits per heavy atom. The molecule has 0 aromatic rings. The van der Waals surface area contributed by atoms with Crippen LogP contribution in [-0.2, 0) is 37.9 Å². The number of phosphoric acid groups is 1. The minimum atomic E-state index is -5.15. The molecule has 5 amide bonds. The standard InChI is InChI=1S/C24H46N9O10P/c1-12(2)8-15(30-20(36)14(25)6-5-7-29-24(27)28)21(37)33-18(11-43-44(40,41)42)23(39)31-16(9-19(26)35)22(38)32-17(10-34)13(3)4/h10,12-18H,5-9,11,25H2,1-4H3,(H2,26,35)(H,30,36)(H,31,39)(H,32,38)(H,33,37)(H4,27,28,29)(H2,40,41,42)/t14-,15-,16-,17+,18-/m0/s1. The molecule has 5 atom stereocenters. The summed E-state index contributed by atoms with van der Waals surface area (Å²) in [6, 6.07) is -6.72. The molecule has 252 valence electrons. The monoisotopic (exact) mass is 651 g/mol. The van der Waals surface area contributed by atoms with Crippen molar-refractivity contribution in [1.29, 1.82) is 0 Å². The Morgan fingerprint density at radius 1 is 0.864 bits per heavy atom. The van der Waals surface area contributed by atoms with E-state index in [1.165, 1.54) is 0 Å². The van der Waals surface area contributed by atoms with Gasteiger partial charge in [-0.1, -0.05) is 27.7 Å². The molecule has 0 aliphatic heterocycles. The van der Waals surface area contributed by atoms with Gasteiger partial charge in [-0.25, -0.2) is 4.57 Å². The van der Waals surface area contributed by atoms with E-state index >= 15 is 0 Å². The third kappa shape index (κ3) is 17.5. The fourth-order valence-corrected chi connectivity index (χ4v) is 3.91. The summed E-state index contributed by atoms with van der Waals surface area (Å²) in [5.41, 5.74) is 21.6. The van der Waals surface area contributed by atoms with Crippen molar-refractivity contribution >= 4 is 49.6 Å². The topological polar surface area (TPSA) is 334 Å². The van der Waals surface area contributed by atoms with E-state index in [1.54, 1.807) is 27.7 Å². The molecule has 0 saturated heterocycles. The molecular weight excluding hydrogens is 605 g/mol. The molecule has 0 aliphatic carbocycles. The number of nitrogens with one attached hydrogen (secondary N) is 4. The average Bonchev–Trinajstić information content (AvgIpc) is 2.89. The summed E-state index contributed by atoms with van der Waals surface area (Å²) >= 11 is 0. The molecule has 0 aliphatic rings. The molecule has 0 unspecified atom stereocenters. The lowest BCUT2D eigenvalue weighted by Crippen LogP contribution is -2.60. The van der Waals surface area contributed by atoms with E-state index in [-0.39, 0.29) is 37.2 Å². The summed E-state index contributed by atoms with van der Waals surface area (Å²) in [6.45, 7) is 5.93. The highest BCUT2D eigenvalue weighted by molar-refractivity contribution is 7.46. The van der Waals surface area contributed by atoms with E-state index in [1.807, 2.05) is 0 Å². The number of hydrogen-bond donors (Lipinski definition) is 10. The lowest BCUT2D eigenvalue weighted by atomic mass is 10.0. The summed E-state index contributed by atoms with van der Waals surface area (Å²) in [5.74, 6) is -5.40. The van der Waals surface area contributed by atoms with Gasteiger partial charge in [0.2, 0.25) is 29.5 Å². The fourth-order valence-electron chi connectivity index (χ4n) is 3.56. The number of rotatable bonds is 21. The number of nitrogens with zero attached hydrogens (tertiary/aromatic N) is 1. The van der Waals surface area contributed by atoms with Crippen molar-refractivity contribution in [1.82, 2.24) is 21.3 Å². The van der Waals surface area contributed by atoms with Crippen LogP contribution in [0.2, 0.25) is 0 Å². The summed E-state index contributed by atoms with van der Waals surface area (Å²) in [6.07, 6.45) is 0.349. The number of phosphoric ester groups is 1. The van der Waals surface area contributed by atoms with Gasteiger partial charge in [-0.2, -0.15) is 0 Å². The lowest BCUT2D eigenvalue weighted by Gasteiger charge is -2.27. The van der Waals surface area contributed by atoms with Crippen LogP contribution in [0, 0.1) is 11.8 Å². The Hall–Kier alpha value is -3.64. The van der Waals surface area contributed by atoms with Crippen molar-refractivity contribution in [2.75, 3.05) is 13.2 Å². The van der Waals surface area contributed by atoms with Gasteiger partial charge in [0.1, 0.15) is 24.4 Å². The van der Waals surface area contributed by atoms with Crippen LogP contribution >= 0.6 is 7.82 Å². The van der Waals surface area contributed by atoms with Gasteiger partial charge >= 0.3 is 7.82 Å². The number of aliphatic imine (C=N–C) groups is 1. The Balaban J connectivity index is 5.93. The van der Waals surface area contributed by atoms with Crippen molar-refractivity contribution in [2.24, 2.45) is 39.8 Å². The van der Waals surface area contributed by atoms with Crippen LogP contribution in [0.25, 0.3) is 0 Å². The van der Waals surface area contributed by atoms with Crippen LogP contribution in [0.15, 0.2) is 4.99 Å². The maximum absolute atomic E-state index is 13.2. The van der Waals surface area contributed by atoms with Crippen LogP contribution in [-0.4, -0.2) is 94.9 Å². The third-order valence-corrected chi connectivity index (χ3v) is 6.38. The zero-order chi connectivity index (χ0) is 34.2. The molecule has 20 heteroatoms. The number of carbonyl (C=O) groups excluding carboxylic acids is 6. The molecule has 0 radical (unpaired) electrons. The first kappa shape index (κ1) is 40.4. The zero-order valence-electron chi connectivity index (χ0n) is 25.2. The number of amides is 5. The lowest BCUT2D eigenvalue weighted by molar-refractivity contribution is -0.135. The first-order valence-corrected chi connectivity index (χ1v) is 15.3. The van der Waals surface area contributed by atoms with E-state index < -0.39 is 80.6 Å². The summed E-state index contributed by atoms with van der Waals surface area (Å²) < 4.78 is 15.8. The SMILES string of the molecule is CC(C)C[C@H](NC(=O)[C@@H](N)CCCN=C(N)N)C(=O)N[C@@H](COP(=O)(O)O)C(=O)N[C@@H](CC(N)=O)C(=O)N[C@H](C=O)C(C)C. The van der Waals surface area contributed by atoms with Crippen LogP contribution in [0.3, 0.4) is 0 Å². The Labute approximate surface area is 255 Å². The third-order valence-electron chi connectivity index (χ3n) is 5.90. The second-order valence-electron chi connectivity index (χ2n) is 10.7. The minimum absolute atomic E-state index is 0.0704. The van der Waals surface area contributed by atoms with Gasteiger partial charge in [-0.3, -0.25) is 33.5 Å². The summed E-state index contributed by atoms with van der Waals surface area (Å²) in [4.78, 5) is 96.9. The molecule has 0 aromatic carbocycles. The van der Waals surface area contributed by atoms with Crippen molar-refractivity contribution in [3.05, 3.63) is 0 Å². The Bertz CT molecular complexity index is 1080. The number of primary amides is 1. The maximum atomic E-state index is 13.2. The number of guanidine groups is 1. The van der Waals surface area contributed by atoms with Gasteiger partial charge in [0.15, 0.2) is 5.96 Å². The second kappa shape index (κ2) is 19.6. The van der Waals surface area contributed by atoms with Gasteiger partial charge in [0, 0.05) is 6.54 Å². The van der Waals surface area contributed by atoms with Crippen molar-refractivity contribution in [2.45, 2.75) is 83.6 Å². The fraction of sp³-hybridized carbons (Fsp3) is 0.708. The highest BCUT2D eigenvalue weighted by atomic mass is 31.2. The number of nitrogens with two attached hydrogens (primary N) is 4. The molecule has 0 heterocycles. The van der Waals surface area contributed by atoms with Gasteiger partial charge in [0.05, 0.1) is 25.1 Å². The normalized spacial score (nSPS) is 14.8. The highest BCUT2D eigenvalue weighted by Gasteiger charge is 2.33. The Kier molecular flexibility index (Phi) is 18.0. The maximum Gasteiger partial charge on any atom is 0.469 e. The largest absolute Gasteiger partial charge is 0.469 e. The van der Waals surface area contributed by atoms with Crippen LogP contribution in [0.5, 0.6) is 0 Å². The predicted molar refractivity (Wildman–Crippen MR) is 158 cm³/mol. The highest BCUT2D eigenvalue weighted by Crippen LogP contribution is 2.35. The molecule has 0 fully saturated rings. The molecule has 0 spiro atoms. The molecule has 0 aromatic heterocycles. The van der Waals surface area contributed by atoms with Gasteiger partial charge in [0.25, 0.3) is 0 Å². The molecule has 14 N–H and O–H groups in total.